The number of aromatic nitrogens is 4. The first-order valence-corrected chi connectivity index (χ1v) is 8.30. The number of anilines is 1. The van der Waals surface area contributed by atoms with E-state index in [1.165, 1.54) is 24.3 Å². The molecule has 0 spiro atoms. The Kier molecular flexibility index (Phi) is 4.57. The quantitative estimate of drug-likeness (QED) is 0.477. The van der Waals surface area contributed by atoms with Crippen LogP contribution in [0.1, 0.15) is 11.1 Å². The number of nitrogens with one attached hydrogen (secondary N) is 2. The summed E-state index contributed by atoms with van der Waals surface area (Å²) in [6.45, 7) is -0.0519. The van der Waals surface area contributed by atoms with Crippen LogP contribution in [0.2, 0.25) is 0 Å². The molecule has 0 aliphatic heterocycles. The molecule has 2 N–H and O–H groups in total. The number of nitrogens with zero attached hydrogens (tertiary/aromatic N) is 3. The van der Waals surface area contributed by atoms with E-state index in [1.807, 2.05) is 0 Å². The standard InChI is InChI=1S/C18H13F4N5O2/c1-28-14-3-2-11(7-12(14)18(20,21)22)23-8-10-6-15-9(4-13(10)19)5-16(29-15)17-24-26-27-25-17/h2-7,23H,8H2,1H3,(H,24,25,26,27). The Hall–Kier alpha value is -3.63. The number of ether oxygens (including phenoxy) is 1. The maximum absolute atomic E-state index is 14.4. The van der Waals surface area contributed by atoms with Crippen molar-refractivity contribution in [3.63, 3.8) is 0 Å². The minimum atomic E-state index is -4.58. The maximum atomic E-state index is 14.4. The fraction of sp³-hybridized carbons (Fsp3) is 0.167. The lowest BCUT2D eigenvalue weighted by molar-refractivity contribution is -0.138. The molecular formula is C18H13F4N5O2. The highest BCUT2D eigenvalue weighted by Crippen LogP contribution is 2.38. The molecule has 0 fully saturated rings. The van der Waals surface area contributed by atoms with Gasteiger partial charge in [-0.05, 0) is 41.6 Å². The van der Waals surface area contributed by atoms with E-state index < -0.39 is 17.6 Å². The number of furan rings is 1. The van der Waals surface area contributed by atoms with Gasteiger partial charge in [0.25, 0.3) is 0 Å². The maximum Gasteiger partial charge on any atom is 0.420 e. The lowest BCUT2D eigenvalue weighted by Crippen LogP contribution is -2.09. The molecule has 0 bridgehead atoms. The fourth-order valence-electron chi connectivity index (χ4n) is 2.85. The van der Waals surface area contributed by atoms with Crippen molar-refractivity contribution in [2.24, 2.45) is 0 Å². The number of fused-ring (bicyclic) bond motifs is 1. The third kappa shape index (κ3) is 3.71. The third-order valence-corrected chi connectivity index (χ3v) is 4.24. The largest absolute Gasteiger partial charge is 0.496 e. The van der Waals surface area contributed by atoms with E-state index >= 15 is 0 Å². The molecule has 0 unspecified atom stereocenters. The van der Waals surface area contributed by atoms with Crippen molar-refractivity contribution in [1.82, 2.24) is 20.6 Å². The number of hydrogen-bond acceptors (Lipinski definition) is 6. The van der Waals surface area contributed by atoms with Crippen LogP contribution in [0.4, 0.5) is 23.2 Å². The van der Waals surface area contributed by atoms with Crippen LogP contribution in [0.25, 0.3) is 22.6 Å². The Morgan fingerprint density at radius 1 is 1.17 bits per heavy atom. The average molecular weight is 407 g/mol. The first-order chi connectivity index (χ1) is 13.8. The molecule has 11 heteroatoms. The molecule has 0 saturated heterocycles. The van der Waals surface area contributed by atoms with Crippen molar-refractivity contribution < 1.29 is 26.7 Å². The van der Waals surface area contributed by atoms with Gasteiger partial charge in [0.1, 0.15) is 17.1 Å². The Bertz CT molecular complexity index is 1160. The summed E-state index contributed by atoms with van der Waals surface area (Å²) in [4.78, 5) is 0. The predicted octanol–water partition coefficient (Wildman–Crippen LogP) is 4.39. The van der Waals surface area contributed by atoms with Crippen LogP contribution in [-0.2, 0) is 12.7 Å². The first-order valence-electron chi connectivity index (χ1n) is 8.30. The van der Waals surface area contributed by atoms with Gasteiger partial charge in [0, 0.05) is 23.2 Å². The fourth-order valence-corrected chi connectivity index (χ4v) is 2.85. The Labute approximate surface area is 160 Å². The number of benzene rings is 2. The van der Waals surface area contributed by atoms with Crippen LogP contribution in [0.3, 0.4) is 0 Å². The second-order valence-corrected chi connectivity index (χ2v) is 6.09. The minimum Gasteiger partial charge on any atom is -0.496 e. The summed E-state index contributed by atoms with van der Waals surface area (Å²) in [6, 6.07) is 7.85. The van der Waals surface area contributed by atoms with E-state index in [9.17, 15) is 17.6 Å². The van der Waals surface area contributed by atoms with Gasteiger partial charge in [0.15, 0.2) is 5.76 Å². The zero-order chi connectivity index (χ0) is 20.6. The second kappa shape index (κ2) is 7.08. The van der Waals surface area contributed by atoms with E-state index in [1.54, 1.807) is 6.07 Å². The number of methoxy groups -OCH3 is 1. The van der Waals surface area contributed by atoms with Gasteiger partial charge in [-0.25, -0.2) is 4.39 Å². The van der Waals surface area contributed by atoms with Crippen molar-refractivity contribution >= 4 is 16.7 Å². The van der Waals surface area contributed by atoms with E-state index in [2.05, 4.69) is 25.9 Å². The molecule has 4 rings (SSSR count). The highest BCUT2D eigenvalue weighted by molar-refractivity contribution is 5.82. The number of H-pyrrole nitrogens is 1. The third-order valence-electron chi connectivity index (χ3n) is 4.24. The van der Waals surface area contributed by atoms with Crippen LogP contribution < -0.4 is 10.1 Å². The first kappa shape index (κ1) is 18.7. The van der Waals surface area contributed by atoms with Crippen molar-refractivity contribution in [2.45, 2.75) is 12.7 Å². The summed E-state index contributed by atoms with van der Waals surface area (Å²) < 4.78 is 64.2. The molecule has 0 radical (unpaired) electrons. The van der Waals surface area contributed by atoms with Crippen LogP contribution in [0.5, 0.6) is 5.75 Å². The molecule has 0 amide bonds. The number of tetrazole rings is 1. The second-order valence-electron chi connectivity index (χ2n) is 6.09. The van der Waals surface area contributed by atoms with Gasteiger partial charge in [-0.2, -0.15) is 18.4 Å². The summed E-state index contributed by atoms with van der Waals surface area (Å²) in [6.07, 6.45) is -4.58. The molecule has 2 aromatic heterocycles. The van der Waals surface area contributed by atoms with Gasteiger partial charge in [-0.3, -0.25) is 0 Å². The predicted molar refractivity (Wildman–Crippen MR) is 94.7 cm³/mol. The zero-order valence-corrected chi connectivity index (χ0v) is 14.8. The topological polar surface area (TPSA) is 88.9 Å². The summed E-state index contributed by atoms with van der Waals surface area (Å²) in [5, 5.41) is 16.6. The van der Waals surface area contributed by atoms with Crippen molar-refractivity contribution in [1.29, 1.82) is 0 Å². The molecule has 0 saturated carbocycles. The highest BCUT2D eigenvalue weighted by Gasteiger charge is 2.34. The Morgan fingerprint density at radius 3 is 2.69 bits per heavy atom. The average Bonchev–Trinajstić information content (AvgIpc) is 3.34. The lowest BCUT2D eigenvalue weighted by atomic mass is 10.1. The van der Waals surface area contributed by atoms with E-state index in [-0.39, 0.29) is 29.4 Å². The van der Waals surface area contributed by atoms with E-state index in [4.69, 9.17) is 9.15 Å². The minimum absolute atomic E-state index is 0.0519. The number of rotatable bonds is 5. The zero-order valence-electron chi connectivity index (χ0n) is 14.8. The van der Waals surface area contributed by atoms with Gasteiger partial charge in [-0.15, -0.1) is 10.2 Å². The monoisotopic (exact) mass is 407 g/mol. The van der Waals surface area contributed by atoms with Gasteiger partial charge >= 0.3 is 6.18 Å². The van der Waals surface area contributed by atoms with Crippen molar-refractivity contribution in [2.75, 3.05) is 12.4 Å². The molecule has 0 aliphatic rings. The van der Waals surface area contributed by atoms with Crippen LogP contribution in [0.15, 0.2) is 40.8 Å². The summed E-state index contributed by atoms with van der Waals surface area (Å²) >= 11 is 0. The number of hydrogen-bond donors (Lipinski definition) is 2. The molecule has 4 aromatic rings. The van der Waals surface area contributed by atoms with Crippen molar-refractivity contribution in [3.05, 3.63) is 53.3 Å². The molecule has 7 nitrogen and oxygen atoms in total. The normalized spacial score (nSPS) is 11.8. The van der Waals surface area contributed by atoms with Gasteiger partial charge in [0.05, 0.1) is 12.7 Å². The lowest BCUT2D eigenvalue weighted by Gasteiger charge is -2.14. The van der Waals surface area contributed by atoms with Gasteiger partial charge in [-0.1, -0.05) is 0 Å². The molecule has 0 aliphatic carbocycles. The van der Waals surface area contributed by atoms with E-state index in [0.717, 1.165) is 13.2 Å². The molecule has 150 valence electrons. The van der Waals surface area contributed by atoms with Crippen LogP contribution >= 0.6 is 0 Å². The SMILES string of the molecule is COc1ccc(NCc2cc3oc(-c4nn[nH]n4)cc3cc2F)cc1C(F)(F)F. The Balaban J connectivity index is 1.59. The van der Waals surface area contributed by atoms with Crippen LogP contribution in [0, 0.1) is 5.82 Å². The van der Waals surface area contributed by atoms with E-state index in [0.29, 0.717) is 16.7 Å². The van der Waals surface area contributed by atoms with Gasteiger partial charge in [0.2, 0.25) is 5.82 Å². The summed E-state index contributed by atoms with van der Waals surface area (Å²) in [5.41, 5.74) is -0.147. The Morgan fingerprint density at radius 2 is 2.00 bits per heavy atom. The molecule has 2 aromatic carbocycles. The number of aromatic amines is 1. The van der Waals surface area contributed by atoms with Gasteiger partial charge < -0.3 is 14.5 Å². The van der Waals surface area contributed by atoms with Crippen LogP contribution in [-0.4, -0.2) is 27.7 Å². The molecular weight excluding hydrogens is 394 g/mol. The summed E-state index contributed by atoms with van der Waals surface area (Å²) in [5.74, 6) is -0.294. The van der Waals surface area contributed by atoms with Crippen molar-refractivity contribution in [3.8, 4) is 17.3 Å². The number of halogens is 4. The molecule has 0 atom stereocenters. The number of alkyl halides is 3. The smallest absolute Gasteiger partial charge is 0.420 e. The highest BCUT2D eigenvalue weighted by atomic mass is 19.4. The molecule has 2 heterocycles. The molecule has 29 heavy (non-hydrogen) atoms. The summed E-state index contributed by atoms with van der Waals surface area (Å²) in [7, 11) is 1.16.